The van der Waals surface area contributed by atoms with Gasteiger partial charge in [0.25, 0.3) is 0 Å². The molecule has 0 fully saturated rings. The number of nitrogens with zero attached hydrogens (tertiary/aromatic N) is 2. The van der Waals surface area contributed by atoms with E-state index in [1.54, 1.807) is 0 Å². The fraction of sp³-hybridized carbons (Fsp3) is 0.306. The van der Waals surface area contributed by atoms with Gasteiger partial charge in [0, 0.05) is 59.6 Å². The topological polar surface area (TPSA) is 90.1 Å². The highest BCUT2D eigenvalue weighted by Crippen LogP contribution is 2.46. The molecule has 6 rings (SSSR count). The van der Waals surface area contributed by atoms with Gasteiger partial charge in [-0.05, 0) is 88.2 Å². The maximum atomic E-state index is 12.6. The molecule has 220 valence electrons. The SMILES string of the molecule is CCN1c2cc3c(cc2C(C)=CC1(C)C)C(c1cc(C(=O)O)ccc1C(=O)O)=c1cc2c(cc1O3)=[N+](CC)C(C)(C)C=C2. The molecule has 43 heavy (non-hydrogen) atoms. The molecule has 0 atom stereocenters. The summed E-state index contributed by atoms with van der Waals surface area (Å²) in [5.41, 5.74) is 5.55. The van der Waals surface area contributed by atoms with Crippen LogP contribution in [0.25, 0.3) is 17.2 Å². The zero-order valence-electron chi connectivity index (χ0n) is 25.7. The summed E-state index contributed by atoms with van der Waals surface area (Å²) in [6, 6.07) is 12.4. The molecule has 0 radical (unpaired) electrons. The summed E-state index contributed by atoms with van der Waals surface area (Å²) < 4.78 is 9.03. The van der Waals surface area contributed by atoms with Crippen LogP contribution < -0.4 is 24.8 Å². The first-order valence-electron chi connectivity index (χ1n) is 14.7. The molecule has 0 unspecified atom stereocenters. The molecule has 0 spiro atoms. The predicted octanol–water partition coefficient (Wildman–Crippen LogP) is 5.77. The molecule has 0 bridgehead atoms. The van der Waals surface area contributed by atoms with Gasteiger partial charge in [0.05, 0.1) is 22.7 Å². The quantitative estimate of drug-likeness (QED) is 0.293. The van der Waals surface area contributed by atoms with Crippen LogP contribution >= 0.6 is 0 Å². The van der Waals surface area contributed by atoms with Gasteiger partial charge in [0.2, 0.25) is 5.36 Å². The van der Waals surface area contributed by atoms with Crippen molar-refractivity contribution in [2.45, 2.75) is 59.5 Å². The molecule has 0 amide bonds. The first-order chi connectivity index (χ1) is 20.3. The zero-order valence-corrected chi connectivity index (χ0v) is 25.7. The Bertz CT molecular complexity index is 1940. The largest absolute Gasteiger partial charge is 0.478 e. The van der Waals surface area contributed by atoms with Gasteiger partial charge in [0.15, 0.2) is 5.54 Å². The Labute approximate surface area is 251 Å². The van der Waals surface area contributed by atoms with Crippen molar-refractivity contribution in [3.63, 3.8) is 0 Å². The molecule has 3 heterocycles. The van der Waals surface area contributed by atoms with Crippen molar-refractivity contribution in [2.75, 3.05) is 18.0 Å². The Morgan fingerprint density at radius 3 is 2.30 bits per heavy atom. The maximum absolute atomic E-state index is 12.6. The molecule has 3 aromatic rings. The second-order valence-corrected chi connectivity index (χ2v) is 12.6. The first-order valence-corrected chi connectivity index (χ1v) is 14.7. The van der Waals surface area contributed by atoms with Crippen molar-refractivity contribution in [1.82, 2.24) is 4.58 Å². The molecule has 7 heteroatoms. The molecule has 0 saturated heterocycles. The molecular weight excluding hydrogens is 540 g/mol. The van der Waals surface area contributed by atoms with E-state index in [0.717, 1.165) is 51.6 Å². The lowest BCUT2D eigenvalue weighted by Crippen LogP contribution is -2.48. The maximum Gasteiger partial charge on any atom is 0.336 e. The summed E-state index contributed by atoms with van der Waals surface area (Å²) >= 11 is 0. The van der Waals surface area contributed by atoms with E-state index in [2.05, 4.69) is 88.3 Å². The Balaban J connectivity index is 1.78. The molecular formula is C36H37N2O5+. The highest BCUT2D eigenvalue weighted by Gasteiger charge is 2.35. The average Bonchev–Trinajstić information content (AvgIpc) is 2.93. The van der Waals surface area contributed by atoms with Gasteiger partial charge in [-0.25, -0.2) is 14.2 Å². The van der Waals surface area contributed by atoms with Crippen LogP contribution in [0.1, 0.15) is 91.4 Å². The number of aromatic carboxylic acids is 2. The van der Waals surface area contributed by atoms with Crippen LogP contribution in [0, 0.1) is 0 Å². The summed E-state index contributed by atoms with van der Waals surface area (Å²) in [5.74, 6) is -1.03. The summed E-state index contributed by atoms with van der Waals surface area (Å²) in [4.78, 5) is 27.0. The van der Waals surface area contributed by atoms with E-state index in [1.165, 1.54) is 18.2 Å². The number of anilines is 1. The van der Waals surface area contributed by atoms with E-state index in [9.17, 15) is 19.8 Å². The fourth-order valence-electron chi connectivity index (χ4n) is 7.09. The standard InChI is InChI=1S/C36H36N2O5/c1-8-37-28-17-30-26(14-21(28)12-13-35(37,4)5)32(25-15-22(33(39)40)10-11-23(25)34(41)42)27-16-24-20(3)19-36(6,7)38(9-2)29(24)18-31(27)43-30/h10-19H,8-9H2,1-7H3,(H-,39,40,41,42)/p+1. The van der Waals surface area contributed by atoms with E-state index < -0.39 is 11.9 Å². The number of carboxylic acids is 2. The van der Waals surface area contributed by atoms with Crippen LogP contribution in [0.5, 0.6) is 11.5 Å². The number of fused-ring (bicyclic) bond motifs is 4. The monoisotopic (exact) mass is 577 g/mol. The van der Waals surface area contributed by atoms with Crippen molar-refractivity contribution in [3.05, 3.63) is 98.6 Å². The lowest BCUT2D eigenvalue weighted by Gasteiger charge is -2.43. The Morgan fingerprint density at radius 1 is 0.907 bits per heavy atom. The normalized spacial score (nSPS) is 17.3. The number of ether oxygens (including phenoxy) is 1. The molecule has 0 saturated carbocycles. The van der Waals surface area contributed by atoms with Crippen molar-refractivity contribution < 1.29 is 24.5 Å². The molecule has 7 nitrogen and oxygen atoms in total. The highest BCUT2D eigenvalue weighted by molar-refractivity contribution is 6.01. The summed E-state index contributed by atoms with van der Waals surface area (Å²) in [5, 5.41) is 21.9. The van der Waals surface area contributed by atoms with Crippen LogP contribution in [0.3, 0.4) is 0 Å². The number of hydrogen-bond donors (Lipinski definition) is 2. The van der Waals surface area contributed by atoms with Crippen LogP contribution in [0.4, 0.5) is 5.69 Å². The van der Waals surface area contributed by atoms with Gasteiger partial charge in [-0.15, -0.1) is 0 Å². The average molecular weight is 578 g/mol. The minimum atomic E-state index is -1.13. The number of carboxylic acid groups (broad SMARTS) is 2. The smallest absolute Gasteiger partial charge is 0.336 e. The summed E-state index contributed by atoms with van der Waals surface area (Å²) in [6.45, 7) is 16.6. The number of allylic oxidation sites excluding steroid dienone is 1. The van der Waals surface area contributed by atoms with Gasteiger partial charge >= 0.3 is 11.9 Å². The fourth-order valence-corrected chi connectivity index (χ4v) is 7.09. The lowest BCUT2D eigenvalue weighted by atomic mass is 9.83. The van der Waals surface area contributed by atoms with E-state index >= 15 is 0 Å². The van der Waals surface area contributed by atoms with Gasteiger partial charge in [-0.3, -0.25) is 0 Å². The van der Waals surface area contributed by atoms with Gasteiger partial charge < -0.3 is 19.8 Å². The first kappa shape index (κ1) is 28.5. The molecule has 3 aromatic carbocycles. The van der Waals surface area contributed by atoms with E-state index in [4.69, 9.17) is 4.74 Å². The Kier molecular flexibility index (Phi) is 6.42. The van der Waals surface area contributed by atoms with Gasteiger partial charge in [-0.1, -0.05) is 6.08 Å². The van der Waals surface area contributed by atoms with Gasteiger partial charge in [-0.2, -0.15) is 0 Å². The lowest BCUT2D eigenvalue weighted by molar-refractivity contribution is 0.0681. The van der Waals surface area contributed by atoms with E-state index in [1.807, 2.05) is 12.1 Å². The third-order valence-corrected chi connectivity index (χ3v) is 9.02. The van der Waals surface area contributed by atoms with Crippen LogP contribution in [0.15, 0.2) is 54.6 Å². The minimum absolute atomic E-state index is 0.0202. The van der Waals surface area contributed by atoms with Crippen LogP contribution in [0.2, 0.25) is 0 Å². The summed E-state index contributed by atoms with van der Waals surface area (Å²) in [7, 11) is 0. The van der Waals surface area contributed by atoms with Crippen molar-refractivity contribution in [3.8, 4) is 11.5 Å². The molecule has 0 aliphatic carbocycles. The molecule has 3 aliphatic rings. The third-order valence-electron chi connectivity index (χ3n) is 9.02. The van der Waals surface area contributed by atoms with Crippen LogP contribution in [-0.2, 0) is 0 Å². The number of carbonyl (C=O) groups is 2. The highest BCUT2D eigenvalue weighted by atomic mass is 16.5. The van der Waals surface area contributed by atoms with Crippen LogP contribution in [-0.4, -0.2) is 46.3 Å². The molecule has 2 N–H and O–H groups in total. The number of likely N-dealkylation sites (N-methyl/N-ethyl adjacent to an activating group) is 2. The molecule has 3 aliphatic heterocycles. The predicted molar refractivity (Wildman–Crippen MR) is 170 cm³/mol. The number of benzene rings is 3. The third kappa shape index (κ3) is 4.37. The Hall–Kier alpha value is -4.65. The zero-order chi connectivity index (χ0) is 31.0. The minimum Gasteiger partial charge on any atom is -0.478 e. The number of rotatable bonds is 5. The van der Waals surface area contributed by atoms with Crippen molar-refractivity contribution >= 4 is 34.8 Å². The second-order valence-electron chi connectivity index (χ2n) is 12.6. The van der Waals surface area contributed by atoms with Crippen molar-refractivity contribution in [1.29, 1.82) is 0 Å². The summed E-state index contributed by atoms with van der Waals surface area (Å²) in [6.07, 6.45) is 6.52. The molecule has 0 aromatic heterocycles. The van der Waals surface area contributed by atoms with Gasteiger partial charge in [0.1, 0.15) is 18.0 Å². The van der Waals surface area contributed by atoms with E-state index in [-0.39, 0.29) is 22.2 Å². The van der Waals surface area contributed by atoms with Crippen molar-refractivity contribution in [2.24, 2.45) is 0 Å². The Morgan fingerprint density at radius 2 is 1.65 bits per heavy atom. The second kappa shape index (κ2) is 9.69. The van der Waals surface area contributed by atoms with E-state index in [0.29, 0.717) is 22.6 Å². The number of hydrogen-bond acceptors (Lipinski definition) is 4.